The molecule has 0 saturated heterocycles. The number of hydrogen-bond acceptors (Lipinski definition) is 3. The maximum atomic E-state index is 13.1. The summed E-state index contributed by atoms with van der Waals surface area (Å²) in [5, 5.41) is 19.0. The van der Waals surface area contributed by atoms with Crippen molar-refractivity contribution in [2.24, 2.45) is 0 Å². The lowest BCUT2D eigenvalue weighted by atomic mass is 10.1. The summed E-state index contributed by atoms with van der Waals surface area (Å²) in [5.41, 5.74) is 0.305. The molecule has 19 heavy (non-hydrogen) atoms. The van der Waals surface area contributed by atoms with Crippen LogP contribution < -0.4 is 4.90 Å². The maximum absolute atomic E-state index is 13.1. The van der Waals surface area contributed by atoms with Crippen LogP contribution in [0, 0.1) is 5.82 Å². The molecule has 0 atom stereocenters. The molecule has 0 aromatic heterocycles. The van der Waals surface area contributed by atoms with Crippen molar-refractivity contribution in [1.82, 2.24) is 0 Å². The molecule has 4 nitrogen and oxygen atoms in total. The average Bonchev–Trinajstić information content (AvgIpc) is 2.40. The van der Waals surface area contributed by atoms with E-state index in [9.17, 15) is 19.4 Å². The maximum Gasteiger partial charge on any atom is 0.261 e. The van der Waals surface area contributed by atoms with Gasteiger partial charge in [-0.2, -0.15) is 0 Å². The van der Waals surface area contributed by atoms with E-state index >= 15 is 0 Å². The van der Waals surface area contributed by atoms with Crippen LogP contribution in [0.15, 0.2) is 42.5 Å². The molecule has 0 spiro atoms. The van der Waals surface area contributed by atoms with Gasteiger partial charge in [-0.25, -0.2) is 4.39 Å². The van der Waals surface area contributed by atoms with Crippen LogP contribution in [0.1, 0.15) is 10.4 Å². The number of benzene rings is 2. The van der Waals surface area contributed by atoms with Gasteiger partial charge in [0.1, 0.15) is 5.82 Å². The van der Waals surface area contributed by atoms with E-state index < -0.39 is 17.5 Å². The van der Waals surface area contributed by atoms with E-state index in [0.717, 1.165) is 0 Å². The van der Waals surface area contributed by atoms with Crippen LogP contribution in [0.4, 0.5) is 10.1 Å². The van der Waals surface area contributed by atoms with Crippen LogP contribution >= 0.6 is 0 Å². The van der Waals surface area contributed by atoms with Crippen molar-refractivity contribution < 1.29 is 19.4 Å². The third-order valence-electron chi connectivity index (χ3n) is 2.75. The van der Waals surface area contributed by atoms with E-state index in [-0.39, 0.29) is 11.3 Å². The van der Waals surface area contributed by atoms with Gasteiger partial charge in [-0.15, -0.1) is 0 Å². The summed E-state index contributed by atoms with van der Waals surface area (Å²) in [6.45, 7) is 0. The summed E-state index contributed by atoms with van der Waals surface area (Å²) in [6, 6.07) is 9.63. The highest BCUT2D eigenvalue weighted by Crippen LogP contribution is 2.30. The first-order valence-electron chi connectivity index (χ1n) is 5.55. The minimum Gasteiger partial charge on any atom is -0.504 e. The number of carbonyl (C=O) groups is 1. The second kappa shape index (κ2) is 4.97. The van der Waals surface area contributed by atoms with Gasteiger partial charge in [-0.3, -0.25) is 4.79 Å². The number of amides is 1. The minimum atomic E-state index is -0.543. The molecule has 0 aliphatic carbocycles. The number of halogens is 1. The second-order valence-electron chi connectivity index (χ2n) is 4.02. The molecule has 2 rings (SSSR count). The highest BCUT2D eigenvalue weighted by molar-refractivity contribution is 6.07. The molecule has 2 aromatic carbocycles. The Labute approximate surface area is 109 Å². The fourth-order valence-corrected chi connectivity index (χ4v) is 1.69. The number of rotatable bonds is 2. The number of hydrogen-bond donors (Lipinski definition) is 2. The zero-order valence-corrected chi connectivity index (χ0v) is 10.2. The fraction of sp³-hybridized carbons (Fsp3) is 0.0714. The van der Waals surface area contributed by atoms with Gasteiger partial charge in [0.2, 0.25) is 0 Å². The van der Waals surface area contributed by atoms with E-state index in [4.69, 9.17) is 0 Å². The van der Waals surface area contributed by atoms with Crippen molar-refractivity contribution in [2.45, 2.75) is 0 Å². The minimum absolute atomic E-state index is 0.0493. The highest BCUT2D eigenvalue weighted by Gasteiger charge is 2.19. The first-order chi connectivity index (χ1) is 9.00. The SMILES string of the molecule is CN(C(=O)c1cccc(O)c1O)c1cccc(F)c1. The Hall–Kier alpha value is -2.56. The molecule has 98 valence electrons. The molecule has 0 bridgehead atoms. The predicted octanol–water partition coefficient (Wildman–Crippen LogP) is 2.51. The van der Waals surface area contributed by atoms with Crippen LogP contribution in [0.3, 0.4) is 0 Å². The van der Waals surface area contributed by atoms with Crippen LogP contribution in [0.5, 0.6) is 11.5 Å². The molecule has 0 fully saturated rings. The normalized spacial score (nSPS) is 10.2. The number of anilines is 1. The number of para-hydroxylation sites is 1. The van der Waals surface area contributed by atoms with E-state index in [1.165, 1.54) is 48.3 Å². The van der Waals surface area contributed by atoms with Gasteiger partial charge >= 0.3 is 0 Å². The van der Waals surface area contributed by atoms with Crippen LogP contribution in [-0.2, 0) is 0 Å². The Morgan fingerprint density at radius 2 is 1.84 bits per heavy atom. The Morgan fingerprint density at radius 1 is 1.16 bits per heavy atom. The molecule has 2 aromatic rings. The van der Waals surface area contributed by atoms with Crippen LogP contribution in [0.2, 0.25) is 0 Å². The average molecular weight is 261 g/mol. The van der Waals surface area contributed by atoms with Crippen LogP contribution in [-0.4, -0.2) is 23.2 Å². The van der Waals surface area contributed by atoms with Crippen LogP contribution in [0.25, 0.3) is 0 Å². The van der Waals surface area contributed by atoms with E-state index in [1.807, 2.05) is 0 Å². The zero-order chi connectivity index (χ0) is 14.0. The lowest BCUT2D eigenvalue weighted by Crippen LogP contribution is -2.26. The Balaban J connectivity index is 2.36. The molecule has 5 heteroatoms. The van der Waals surface area contributed by atoms with Gasteiger partial charge in [0.05, 0.1) is 5.56 Å². The fourth-order valence-electron chi connectivity index (χ4n) is 1.69. The first kappa shape index (κ1) is 12.9. The first-order valence-corrected chi connectivity index (χ1v) is 5.55. The van der Waals surface area contributed by atoms with Crippen molar-refractivity contribution in [2.75, 3.05) is 11.9 Å². The molecular weight excluding hydrogens is 249 g/mol. The van der Waals surface area contributed by atoms with E-state index in [0.29, 0.717) is 5.69 Å². The van der Waals surface area contributed by atoms with Crippen molar-refractivity contribution in [3.05, 3.63) is 53.8 Å². The molecule has 0 heterocycles. The third-order valence-corrected chi connectivity index (χ3v) is 2.75. The van der Waals surface area contributed by atoms with Gasteiger partial charge in [-0.05, 0) is 30.3 Å². The van der Waals surface area contributed by atoms with Crippen molar-refractivity contribution in [3.8, 4) is 11.5 Å². The number of nitrogens with zero attached hydrogens (tertiary/aromatic N) is 1. The Morgan fingerprint density at radius 3 is 2.53 bits per heavy atom. The summed E-state index contributed by atoms with van der Waals surface area (Å²) in [7, 11) is 1.46. The monoisotopic (exact) mass is 261 g/mol. The molecule has 0 unspecified atom stereocenters. The Kier molecular flexibility index (Phi) is 3.37. The number of phenolic OH excluding ortho intramolecular Hbond substituents is 2. The van der Waals surface area contributed by atoms with E-state index in [1.54, 1.807) is 6.07 Å². The molecule has 1 amide bonds. The second-order valence-corrected chi connectivity index (χ2v) is 4.02. The number of aromatic hydroxyl groups is 2. The predicted molar refractivity (Wildman–Crippen MR) is 68.9 cm³/mol. The summed E-state index contributed by atoms with van der Waals surface area (Å²) in [5.74, 6) is -1.87. The van der Waals surface area contributed by atoms with Crippen molar-refractivity contribution in [1.29, 1.82) is 0 Å². The summed E-state index contributed by atoms with van der Waals surface area (Å²) in [4.78, 5) is 13.4. The number of phenols is 2. The topological polar surface area (TPSA) is 60.8 Å². The lowest BCUT2D eigenvalue weighted by Gasteiger charge is -2.18. The lowest BCUT2D eigenvalue weighted by molar-refractivity contribution is 0.0989. The molecular formula is C14H12FNO3. The third kappa shape index (κ3) is 2.49. The smallest absolute Gasteiger partial charge is 0.261 e. The molecule has 0 saturated carbocycles. The largest absolute Gasteiger partial charge is 0.504 e. The zero-order valence-electron chi connectivity index (χ0n) is 10.2. The van der Waals surface area contributed by atoms with Crippen molar-refractivity contribution in [3.63, 3.8) is 0 Å². The molecule has 2 N–H and O–H groups in total. The highest BCUT2D eigenvalue weighted by atomic mass is 19.1. The summed E-state index contributed by atoms with van der Waals surface area (Å²) < 4.78 is 13.1. The molecule has 0 aliphatic heterocycles. The van der Waals surface area contributed by atoms with Gasteiger partial charge in [-0.1, -0.05) is 12.1 Å². The summed E-state index contributed by atoms with van der Waals surface area (Å²) in [6.07, 6.45) is 0. The van der Waals surface area contributed by atoms with Gasteiger partial charge in [0.25, 0.3) is 5.91 Å². The summed E-state index contributed by atoms with van der Waals surface area (Å²) >= 11 is 0. The van der Waals surface area contributed by atoms with Crippen molar-refractivity contribution >= 4 is 11.6 Å². The Bertz CT molecular complexity index is 628. The number of carbonyl (C=O) groups excluding carboxylic acids is 1. The van der Waals surface area contributed by atoms with Gasteiger partial charge in [0, 0.05) is 12.7 Å². The van der Waals surface area contributed by atoms with Gasteiger partial charge < -0.3 is 15.1 Å². The van der Waals surface area contributed by atoms with Gasteiger partial charge in [0.15, 0.2) is 11.5 Å². The standard InChI is InChI=1S/C14H12FNO3/c1-16(10-5-2-4-9(15)8-10)14(19)11-6-3-7-12(17)13(11)18/h2-8,17-18H,1H3. The molecule has 0 radical (unpaired) electrons. The van der Waals surface area contributed by atoms with E-state index in [2.05, 4.69) is 0 Å². The quantitative estimate of drug-likeness (QED) is 0.816. The molecule has 0 aliphatic rings.